The lowest BCUT2D eigenvalue weighted by Gasteiger charge is -2.06. The first-order valence-electron chi connectivity index (χ1n) is 6.33. The Morgan fingerprint density at radius 3 is 2.27 bits per heavy atom. The van der Waals surface area contributed by atoms with Gasteiger partial charge in [-0.25, -0.2) is 13.6 Å². The van der Waals surface area contributed by atoms with E-state index in [0.29, 0.717) is 17.2 Å². The monoisotopic (exact) mass is 320 g/mol. The average Bonchev–Trinajstić information content (AvgIpc) is 2.52. The van der Waals surface area contributed by atoms with Gasteiger partial charge in [0, 0.05) is 11.8 Å². The number of nitrogens with two attached hydrogens (primary N) is 1. The van der Waals surface area contributed by atoms with Gasteiger partial charge in [0.1, 0.15) is 11.5 Å². The number of ether oxygens (including phenoxy) is 2. The molecule has 0 heterocycles. The Morgan fingerprint density at radius 1 is 1.05 bits per heavy atom. The van der Waals surface area contributed by atoms with Crippen molar-refractivity contribution in [3.63, 3.8) is 0 Å². The smallest absolute Gasteiger partial charge is 0.238 e. The predicted octanol–water partition coefficient (Wildman–Crippen LogP) is 2.10. The van der Waals surface area contributed by atoms with Gasteiger partial charge in [0.2, 0.25) is 10.0 Å². The molecule has 22 heavy (non-hydrogen) atoms. The third-order valence-corrected chi connectivity index (χ3v) is 3.88. The lowest BCUT2D eigenvalue weighted by molar-refractivity contribution is 0.402. The summed E-state index contributed by atoms with van der Waals surface area (Å²) in [5.74, 6) is 1.34. The van der Waals surface area contributed by atoms with E-state index in [1.807, 2.05) is 0 Å². The Labute approximate surface area is 129 Å². The fourth-order valence-electron chi connectivity index (χ4n) is 1.81. The second kappa shape index (κ2) is 6.59. The molecule has 0 spiro atoms. The van der Waals surface area contributed by atoms with Crippen LogP contribution in [-0.2, 0) is 10.0 Å². The van der Waals surface area contributed by atoms with Crippen molar-refractivity contribution in [1.82, 2.24) is 0 Å². The van der Waals surface area contributed by atoms with Crippen LogP contribution in [0.25, 0.3) is 0 Å². The Kier molecular flexibility index (Phi) is 4.79. The van der Waals surface area contributed by atoms with Gasteiger partial charge in [-0.05, 0) is 42.5 Å². The topological polar surface area (TPSA) is 91.0 Å². The fraction of sp³-hybridized carbons (Fsp3) is 0.133. The third-order valence-electron chi connectivity index (χ3n) is 2.95. The molecule has 116 valence electrons. The molecule has 2 aromatic rings. The third kappa shape index (κ3) is 3.84. The van der Waals surface area contributed by atoms with Crippen LogP contribution in [-0.4, -0.2) is 28.9 Å². The number of rotatable bonds is 5. The van der Waals surface area contributed by atoms with Crippen LogP contribution in [0.4, 0.5) is 5.69 Å². The van der Waals surface area contributed by atoms with Gasteiger partial charge in [-0.3, -0.25) is 4.99 Å². The number of methoxy groups -OCH3 is 2. The summed E-state index contributed by atoms with van der Waals surface area (Å²) in [4.78, 5) is 4.33. The van der Waals surface area contributed by atoms with Gasteiger partial charge in [-0.1, -0.05) is 0 Å². The summed E-state index contributed by atoms with van der Waals surface area (Å²) in [6.07, 6.45) is 1.62. The summed E-state index contributed by atoms with van der Waals surface area (Å²) >= 11 is 0. The van der Waals surface area contributed by atoms with E-state index in [0.717, 1.165) is 5.56 Å². The van der Waals surface area contributed by atoms with Crippen molar-refractivity contribution in [3.8, 4) is 11.5 Å². The number of benzene rings is 2. The van der Waals surface area contributed by atoms with Gasteiger partial charge in [-0.2, -0.15) is 0 Å². The van der Waals surface area contributed by atoms with Crippen molar-refractivity contribution in [2.75, 3.05) is 14.2 Å². The minimum Gasteiger partial charge on any atom is -0.497 e. The van der Waals surface area contributed by atoms with Gasteiger partial charge in [0.15, 0.2) is 0 Å². The van der Waals surface area contributed by atoms with E-state index in [4.69, 9.17) is 14.6 Å². The van der Waals surface area contributed by atoms with Crippen LogP contribution in [0.5, 0.6) is 11.5 Å². The molecular formula is C15H16N2O4S. The SMILES string of the molecule is COc1ccc(OC)c(/C=N/c2ccc(S(N)(=O)=O)cc2)c1. The Balaban J connectivity index is 2.28. The molecule has 0 atom stereocenters. The van der Waals surface area contributed by atoms with E-state index in [-0.39, 0.29) is 4.90 Å². The first-order chi connectivity index (χ1) is 10.4. The molecule has 0 saturated heterocycles. The molecule has 0 aliphatic carbocycles. The molecule has 2 aromatic carbocycles. The molecule has 0 fully saturated rings. The van der Waals surface area contributed by atoms with Crippen LogP contribution < -0.4 is 14.6 Å². The minimum atomic E-state index is -3.69. The molecular weight excluding hydrogens is 304 g/mol. The highest BCUT2D eigenvalue weighted by atomic mass is 32.2. The maximum atomic E-state index is 11.2. The molecule has 2 N–H and O–H groups in total. The molecule has 0 aliphatic rings. The number of sulfonamides is 1. The standard InChI is InChI=1S/C15H16N2O4S/c1-20-13-5-8-15(21-2)11(9-13)10-17-12-3-6-14(7-4-12)22(16,18)19/h3-10H,1-2H3,(H2,16,18,19)/b17-10+. The second-order valence-corrected chi connectivity index (χ2v) is 5.97. The van der Waals surface area contributed by atoms with E-state index in [1.54, 1.807) is 50.8 Å². The summed E-state index contributed by atoms with van der Waals surface area (Å²) in [7, 11) is -0.547. The van der Waals surface area contributed by atoms with Crippen LogP contribution in [0, 0.1) is 0 Å². The van der Waals surface area contributed by atoms with Gasteiger partial charge >= 0.3 is 0 Å². The van der Waals surface area contributed by atoms with Gasteiger partial charge < -0.3 is 9.47 Å². The predicted molar refractivity (Wildman–Crippen MR) is 84.6 cm³/mol. The molecule has 0 amide bonds. The van der Waals surface area contributed by atoms with E-state index in [2.05, 4.69) is 4.99 Å². The van der Waals surface area contributed by atoms with Crippen molar-refractivity contribution in [1.29, 1.82) is 0 Å². The molecule has 2 rings (SSSR count). The zero-order valence-corrected chi connectivity index (χ0v) is 13.0. The van der Waals surface area contributed by atoms with Crippen molar-refractivity contribution in [2.24, 2.45) is 10.1 Å². The van der Waals surface area contributed by atoms with Crippen molar-refractivity contribution >= 4 is 21.9 Å². The normalized spacial score (nSPS) is 11.6. The van der Waals surface area contributed by atoms with Crippen LogP contribution >= 0.6 is 0 Å². The van der Waals surface area contributed by atoms with Crippen LogP contribution in [0.15, 0.2) is 52.4 Å². The Bertz CT molecular complexity index is 784. The average molecular weight is 320 g/mol. The van der Waals surface area contributed by atoms with Crippen LogP contribution in [0.1, 0.15) is 5.56 Å². The second-order valence-electron chi connectivity index (χ2n) is 4.40. The van der Waals surface area contributed by atoms with E-state index in [1.165, 1.54) is 12.1 Å². The number of hydrogen-bond donors (Lipinski definition) is 1. The molecule has 7 heteroatoms. The van der Waals surface area contributed by atoms with E-state index >= 15 is 0 Å². The number of nitrogens with zero attached hydrogens (tertiary/aromatic N) is 1. The van der Waals surface area contributed by atoms with Crippen molar-refractivity contribution in [2.45, 2.75) is 4.90 Å². The summed E-state index contributed by atoms with van der Waals surface area (Å²) in [5, 5.41) is 5.05. The maximum absolute atomic E-state index is 11.2. The number of aliphatic imine (C=N–C) groups is 1. The van der Waals surface area contributed by atoms with Gasteiger partial charge in [0.25, 0.3) is 0 Å². The van der Waals surface area contributed by atoms with Crippen molar-refractivity contribution < 1.29 is 17.9 Å². The highest BCUT2D eigenvalue weighted by Gasteiger charge is 2.06. The Morgan fingerprint density at radius 2 is 1.73 bits per heavy atom. The maximum Gasteiger partial charge on any atom is 0.238 e. The largest absolute Gasteiger partial charge is 0.497 e. The minimum absolute atomic E-state index is 0.0467. The first-order valence-corrected chi connectivity index (χ1v) is 7.87. The number of primary sulfonamides is 1. The summed E-state index contributed by atoms with van der Waals surface area (Å²) < 4.78 is 32.8. The summed E-state index contributed by atoms with van der Waals surface area (Å²) in [6.45, 7) is 0. The van der Waals surface area contributed by atoms with Gasteiger partial charge in [0.05, 0.1) is 24.8 Å². The fourth-order valence-corrected chi connectivity index (χ4v) is 2.32. The molecule has 0 bridgehead atoms. The molecule has 0 saturated carbocycles. The van der Waals surface area contributed by atoms with E-state index < -0.39 is 10.0 Å². The highest BCUT2D eigenvalue weighted by molar-refractivity contribution is 7.89. The van der Waals surface area contributed by atoms with E-state index in [9.17, 15) is 8.42 Å². The number of hydrogen-bond acceptors (Lipinski definition) is 5. The molecule has 0 unspecified atom stereocenters. The zero-order valence-electron chi connectivity index (χ0n) is 12.2. The first kappa shape index (κ1) is 16.0. The Hall–Kier alpha value is -2.38. The molecule has 6 nitrogen and oxygen atoms in total. The molecule has 0 radical (unpaired) electrons. The van der Waals surface area contributed by atoms with Crippen molar-refractivity contribution in [3.05, 3.63) is 48.0 Å². The summed E-state index contributed by atoms with van der Waals surface area (Å²) in [5.41, 5.74) is 1.34. The lowest BCUT2D eigenvalue weighted by atomic mass is 10.2. The van der Waals surface area contributed by atoms with Crippen LogP contribution in [0.2, 0.25) is 0 Å². The molecule has 0 aromatic heterocycles. The lowest BCUT2D eigenvalue weighted by Crippen LogP contribution is -2.11. The highest BCUT2D eigenvalue weighted by Crippen LogP contribution is 2.23. The molecule has 0 aliphatic heterocycles. The summed E-state index contributed by atoms with van der Waals surface area (Å²) in [6, 6.07) is 11.3. The quantitative estimate of drug-likeness (QED) is 0.854. The van der Waals surface area contributed by atoms with Crippen LogP contribution in [0.3, 0.4) is 0 Å². The van der Waals surface area contributed by atoms with Gasteiger partial charge in [-0.15, -0.1) is 0 Å². The zero-order chi connectivity index (χ0) is 16.2.